The number of carbonyl (C=O) groups is 4. The van der Waals surface area contributed by atoms with Crippen LogP contribution in [0.15, 0.2) is 60.8 Å². The number of alkyl halides is 6. The first-order chi connectivity index (χ1) is 25.8. The summed E-state index contributed by atoms with van der Waals surface area (Å²) in [5.74, 6) is -4.20. The van der Waals surface area contributed by atoms with E-state index in [2.05, 4.69) is 30.8 Å². The summed E-state index contributed by atoms with van der Waals surface area (Å²) in [5.41, 5.74) is -3.48. The molecule has 0 spiro atoms. The monoisotopic (exact) mass is 777 g/mol. The Morgan fingerprint density at radius 1 is 0.927 bits per heavy atom. The lowest BCUT2D eigenvalue weighted by Crippen LogP contribution is -2.49. The summed E-state index contributed by atoms with van der Waals surface area (Å²) in [6, 6.07) is 5.22. The van der Waals surface area contributed by atoms with Gasteiger partial charge in [0.05, 0.1) is 52.4 Å². The second kappa shape index (κ2) is 15.9. The van der Waals surface area contributed by atoms with Crippen LogP contribution in [-0.2, 0) is 42.8 Å². The first-order valence-electron chi connectivity index (χ1n) is 16.2. The average Bonchev–Trinajstić information content (AvgIpc) is 3.54. The molecule has 3 heterocycles. The van der Waals surface area contributed by atoms with Crippen molar-refractivity contribution in [3.63, 3.8) is 0 Å². The number of carboxylic acids is 1. The van der Waals surface area contributed by atoms with Crippen LogP contribution >= 0.6 is 0 Å². The Bertz CT molecular complexity index is 2120. The molecule has 3 unspecified atom stereocenters. The molecule has 55 heavy (non-hydrogen) atoms. The summed E-state index contributed by atoms with van der Waals surface area (Å²) in [4.78, 5) is 58.1. The minimum Gasteiger partial charge on any atom is -0.480 e. The third-order valence-electron chi connectivity index (χ3n) is 8.23. The van der Waals surface area contributed by atoms with Crippen molar-refractivity contribution in [3.8, 4) is 22.6 Å². The third kappa shape index (κ3) is 9.43. The average molecular weight is 778 g/mol. The predicted molar refractivity (Wildman–Crippen MR) is 177 cm³/mol. The van der Waals surface area contributed by atoms with Crippen molar-refractivity contribution in [2.75, 3.05) is 6.61 Å². The molecule has 0 radical (unpaired) electrons. The van der Waals surface area contributed by atoms with Crippen molar-refractivity contribution in [2.45, 2.75) is 57.3 Å². The SMILES string of the molecule is CC(NC(=O)C(C)NC(=O)CCOC(=O)C(c1ccc(-c2ccc(C(F)(F)F)cc2C(F)(F)F)nn1)N1C=Cc2nc(-c3ccccc3F)[nH]c2C1)C(=O)O. The molecule has 3 atom stereocenters. The van der Waals surface area contributed by atoms with Crippen LogP contribution in [0.3, 0.4) is 0 Å². The number of nitrogens with one attached hydrogen (secondary N) is 3. The van der Waals surface area contributed by atoms with E-state index in [1.165, 1.54) is 49.2 Å². The molecule has 290 valence electrons. The molecule has 4 N–H and O–H groups in total. The van der Waals surface area contributed by atoms with Crippen LogP contribution in [0.25, 0.3) is 28.7 Å². The largest absolute Gasteiger partial charge is 0.480 e. The van der Waals surface area contributed by atoms with Crippen LogP contribution in [0, 0.1) is 5.82 Å². The number of benzene rings is 2. The fourth-order valence-corrected chi connectivity index (χ4v) is 5.38. The maximum absolute atomic E-state index is 14.5. The van der Waals surface area contributed by atoms with E-state index in [0.29, 0.717) is 23.5 Å². The number of ether oxygens (including phenoxy) is 1. The van der Waals surface area contributed by atoms with E-state index in [1.807, 2.05) is 0 Å². The van der Waals surface area contributed by atoms with Crippen LogP contribution in [0.1, 0.15) is 54.5 Å². The van der Waals surface area contributed by atoms with Crippen molar-refractivity contribution >= 4 is 29.8 Å². The lowest BCUT2D eigenvalue weighted by atomic mass is 10.00. The van der Waals surface area contributed by atoms with Crippen molar-refractivity contribution in [2.24, 2.45) is 0 Å². The van der Waals surface area contributed by atoms with Gasteiger partial charge in [-0.3, -0.25) is 14.4 Å². The van der Waals surface area contributed by atoms with Gasteiger partial charge in [-0.15, -0.1) is 0 Å². The fraction of sp³-hybridized carbons (Fsp3) is 0.286. The summed E-state index contributed by atoms with van der Waals surface area (Å²) in [6.45, 7) is 1.91. The Hall–Kier alpha value is -6.34. The first-order valence-corrected chi connectivity index (χ1v) is 16.2. The van der Waals surface area contributed by atoms with Gasteiger partial charge in [0, 0.05) is 11.8 Å². The second-order valence-corrected chi connectivity index (χ2v) is 12.2. The van der Waals surface area contributed by atoms with E-state index in [-0.39, 0.29) is 29.7 Å². The Kier molecular flexibility index (Phi) is 11.6. The number of halogens is 7. The molecule has 5 rings (SSSR count). The highest BCUT2D eigenvalue weighted by Gasteiger charge is 2.39. The third-order valence-corrected chi connectivity index (χ3v) is 8.23. The van der Waals surface area contributed by atoms with Crippen molar-refractivity contribution in [1.29, 1.82) is 0 Å². The zero-order chi connectivity index (χ0) is 40.2. The van der Waals surface area contributed by atoms with Gasteiger partial charge in [0.25, 0.3) is 0 Å². The molecular weight excluding hydrogens is 747 g/mol. The molecule has 1 aliphatic rings. The molecule has 0 bridgehead atoms. The minimum absolute atomic E-state index is 0.0406. The number of aromatic nitrogens is 4. The van der Waals surface area contributed by atoms with E-state index >= 15 is 0 Å². The number of amides is 2. The van der Waals surface area contributed by atoms with Gasteiger partial charge in [-0.25, -0.2) is 14.2 Å². The van der Waals surface area contributed by atoms with Crippen LogP contribution < -0.4 is 10.6 Å². The maximum Gasteiger partial charge on any atom is 0.417 e. The number of carboxylic acid groups (broad SMARTS) is 1. The molecule has 2 aromatic carbocycles. The summed E-state index contributed by atoms with van der Waals surface area (Å²) < 4.78 is 101. The molecule has 4 aromatic rings. The molecule has 2 amide bonds. The molecule has 2 aromatic heterocycles. The maximum atomic E-state index is 14.5. The number of aromatic amines is 1. The fourth-order valence-electron chi connectivity index (χ4n) is 5.38. The lowest BCUT2D eigenvalue weighted by Gasteiger charge is -2.30. The molecule has 0 saturated carbocycles. The first kappa shape index (κ1) is 39.9. The van der Waals surface area contributed by atoms with E-state index in [1.54, 1.807) is 6.07 Å². The van der Waals surface area contributed by atoms with Gasteiger partial charge in [-0.1, -0.05) is 18.2 Å². The number of imidazole rings is 1. The number of esters is 1. The molecule has 0 aliphatic carbocycles. The molecule has 13 nitrogen and oxygen atoms in total. The van der Waals surface area contributed by atoms with Crippen LogP contribution in [-0.4, -0.2) is 72.6 Å². The second-order valence-electron chi connectivity index (χ2n) is 12.2. The Morgan fingerprint density at radius 3 is 2.29 bits per heavy atom. The number of H-pyrrole nitrogens is 1. The molecule has 0 saturated heterocycles. The normalized spacial score (nSPS) is 14.4. The van der Waals surface area contributed by atoms with Gasteiger partial charge >= 0.3 is 24.3 Å². The van der Waals surface area contributed by atoms with Crippen molar-refractivity contribution in [3.05, 3.63) is 94.8 Å². The van der Waals surface area contributed by atoms with Gasteiger partial charge in [0.1, 0.15) is 30.3 Å². The highest BCUT2D eigenvalue weighted by Crippen LogP contribution is 2.40. The smallest absolute Gasteiger partial charge is 0.417 e. The number of nitrogens with zero attached hydrogens (tertiary/aromatic N) is 4. The van der Waals surface area contributed by atoms with Crippen LogP contribution in [0.4, 0.5) is 30.7 Å². The Balaban J connectivity index is 1.39. The number of hydrogen-bond donors (Lipinski definition) is 4. The quantitative estimate of drug-likeness (QED) is 0.110. The van der Waals surface area contributed by atoms with Gasteiger partial charge in [-0.05, 0) is 56.3 Å². The standard InChI is InChI=1S/C35H30F7N7O6/c1-17(31(51)44-18(2)32(52)53)43-28(50)12-14-55-33(54)29(49-13-11-25-27(16-49)46-30(45-25)21-5-3-4-6-23(21)36)26-10-9-24(47-48-26)20-8-7-19(34(37,38)39)15-22(20)35(40,41)42/h3-11,13,15,17-18,29H,12,14,16H2,1-2H3,(H,43,50)(H,44,51)(H,45,46)(H,52,53). The van der Waals surface area contributed by atoms with E-state index in [0.717, 1.165) is 12.1 Å². The summed E-state index contributed by atoms with van der Waals surface area (Å²) in [7, 11) is 0. The number of rotatable bonds is 12. The minimum atomic E-state index is -5.20. The van der Waals surface area contributed by atoms with E-state index in [4.69, 9.17) is 9.84 Å². The summed E-state index contributed by atoms with van der Waals surface area (Å²) >= 11 is 0. The van der Waals surface area contributed by atoms with Gasteiger partial charge < -0.3 is 30.4 Å². The molecule has 0 fully saturated rings. The van der Waals surface area contributed by atoms with Gasteiger partial charge in [0.2, 0.25) is 11.8 Å². The lowest BCUT2D eigenvalue weighted by molar-refractivity contribution is -0.150. The Labute approximate surface area is 306 Å². The molecule has 20 heteroatoms. The van der Waals surface area contributed by atoms with E-state index < -0.39 is 95.5 Å². The Morgan fingerprint density at radius 2 is 1.65 bits per heavy atom. The number of carbonyl (C=O) groups excluding carboxylic acids is 3. The topological polar surface area (TPSA) is 179 Å². The van der Waals surface area contributed by atoms with Gasteiger partial charge in [-0.2, -0.15) is 36.5 Å². The number of hydrogen-bond acceptors (Lipinski definition) is 9. The van der Waals surface area contributed by atoms with Crippen molar-refractivity contribution < 1.29 is 59.8 Å². The highest BCUT2D eigenvalue weighted by molar-refractivity contribution is 5.90. The molecular formula is C35H30F7N7O6. The molecule has 1 aliphatic heterocycles. The van der Waals surface area contributed by atoms with Crippen LogP contribution in [0.2, 0.25) is 0 Å². The van der Waals surface area contributed by atoms with Crippen molar-refractivity contribution in [1.82, 2.24) is 35.7 Å². The highest BCUT2D eigenvalue weighted by atomic mass is 19.4. The number of aliphatic carboxylic acids is 1. The zero-order valence-electron chi connectivity index (χ0n) is 28.6. The zero-order valence-corrected chi connectivity index (χ0v) is 28.6. The van der Waals surface area contributed by atoms with Crippen LogP contribution in [0.5, 0.6) is 0 Å². The predicted octanol–water partition coefficient (Wildman–Crippen LogP) is 5.27. The van der Waals surface area contributed by atoms with Gasteiger partial charge in [0.15, 0.2) is 6.04 Å². The summed E-state index contributed by atoms with van der Waals surface area (Å²) in [5, 5.41) is 21.3. The number of fused-ring (bicyclic) bond motifs is 1. The summed E-state index contributed by atoms with van der Waals surface area (Å²) in [6.07, 6.45) is -7.78. The van der Waals surface area contributed by atoms with E-state index in [9.17, 15) is 49.9 Å².